The van der Waals surface area contributed by atoms with Gasteiger partial charge < -0.3 is 11.5 Å². The molecule has 4 N–H and O–H groups in total. The van der Waals surface area contributed by atoms with Gasteiger partial charge >= 0.3 is 0 Å². The number of hydrogen-bond donors (Lipinski definition) is 2. The molecule has 0 unspecified atom stereocenters. The molecular weight excluding hydrogens is 212 g/mol. The minimum atomic E-state index is 0.302. The molecule has 0 fully saturated rings. The zero-order chi connectivity index (χ0) is 10.6. The molecule has 4 heteroatoms. The molecule has 0 aliphatic rings. The van der Waals surface area contributed by atoms with Gasteiger partial charge in [-0.05, 0) is 30.0 Å². The van der Waals surface area contributed by atoms with Crippen molar-refractivity contribution in [2.75, 3.05) is 6.26 Å². The van der Waals surface area contributed by atoms with Gasteiger partial charge in [-0.15, -0.1) is 11.8 Å². The molecular formula is C10H12N2S2. The van der Waals surface area contributed by atoms with Crippen molar-refractivity contribution in [1.29, 1.82) is 0 Å². The summed E-state index contributed by atoms with van der Waals surface area (Å²) in [6, 6.07) is 7.94. The molecule has 14 heavy (non-hydrogen) atoms. The highest BCUT2D eigenvalue weighted by atomic mass is 32.2. The molecule has 0 aliphatic heterocycles. The van der Waals surface area contributed by atoms with Crippen molar-refractivity contribution in [3.8, 4) is 0 Å². The maximum Gasteiger partial charge on any atom is 0.0982 e. The molecule has 0 aromatic heterocycles. The zero-order valence-corrected chi connectivity index (χ0v) is 9.49. The lowest BCUT2D eigenvalue weighted by Gasteiger charge is -2.02. The van der Waals surface area contributed by atoms with Gasteiger partial charge in [0.15, 0.2) is 0 Å². The van der Waals surface area contributed by atoms with E-state index in [1.54, 1.807) is 17.8 Å². The Kier molecular flexibility index (Phi) is 3.98. The maximum absolute atomic E-state index is 5.77. The molecule has 1 aromatic rings. The number of thiocarbonyl (C=S) groups is 1. The Hall–Kier alpha value is -1.00. The number of benzene rings is 1. The molecule has 0 heterocycles. The van der Waals surface area contributed by atoms with Crippen LogP contribution in [0.3, 0.4) is 0 Å². The first-order valence-electron chi connectivity index (χ1n) is 4.04. The summed E-state index contributed by atoms with van der Waals surface area (Å²) in [6.07, 6.45) is 3.62. The van der Waals surface area contributed by atoms with Crippen molar-refractivity contribution >= 4 is 34.7 Å². The molecule has 0 radical (unpaired) electrons. The van der Waals surface area contributed by atoms with Crippen LogP contribution in [0.15, 0.2) is 35.2 Å². The predicted molar refractivity (Wildman–Crippen MR) is 67.2 cm³/mol. The van der Waals surface area contributed by atoms with Crippen LogP contribution >= 0.6 is 24.0 Å². The number of nitrogens with two attached hydrogens (primary N) is 2. The lowest BCUT2D eigenvalue weighted by molar-refractivity contribution is 1.42. The third kappa shape index (κ3) is 3.05. The van der Waals surface area contributed by atoms with Crippen molar-refractivity contribution in [3.63, 3.8) is 0 Å². The van der Waals surface area contributed by atoms with E-state index >= 15 is 0 Å². The summed E-state index contributed by atoms with van der Waals surface area (Å²) in [5, 5.41) is 0. The van der Waals surface area contributed by atoms with E-state index in [9.17, 15) is 0 Å². The van der Waals surface area contributed by atoms with Crippen molar-refractivity contribution in [1.82, 2.24) is 0 Å². The van der Waals surface area contributed by atoms with Crippen molar-refractivity contribution in [3.05, 3.63) is 35.9 Å². The van der Waals surface area contributed by atoms with E-state index in [1.807, 2.05) is 30.5 Å². The van der Waals surface area contributed by atoms with Gasteiger partial charge in [-0.2, -0.15) is 0 Å². The SMILES string of the molecule is CSc1ccc(/C(N)=C\C(N)=S)cc1. The van der Waals surface area contributed by atoms with Gasteiger partial charge in [0.05, 0.1) is 4.99 Å². The topological polar surface area (TPSA) is 52.0 Å². The first kappa shape index (κ1) is 11.1. The second kappa shape index (κ2) is 5.02. The number of hydrogen-bond acceptors (Lipinski definition) is 3. The fraction of sp³-hybridized carbons (Fsp3) is 0.100. The van der Waals surface area contributed by atoms with Gasteiger partial charge in [0.25, 0.3) is 0 Å². The van der Waals surface area contributed by atoms with Crippen LogP contribution in [0.5, 0.6) is 0 Å². The van der Waals surface area contributed by atoms with Gasteiger partial charge in [0.1, 0.15) is 0 Å². The van der Waals surface area contributed by atoms with Crippen molar-refractivity contribution in [2.24, 2.45) is 11.5 Å². The Morgan fingerprint density at radius 2 is 1.86 bits per heavy atom. The highest BCUT2D eigenvalue weighted by Gasteiger charge is 1.96. The molecule has 1 rings (SSSR count). The van der Waals surface area contributed by atoms with Gasteiger partial charge in [-0.25, -0.2) is 0 Å². The van der Waals surface area contributed by atoms with Crippen LogP contribution in [0.2, 0.25) is 0 Å². The second-order valence-corrected chi connectivity index (χ2v) is 4.08. The maximum atomic E-state index is 5.77. The smallest absolute Gasteiger partial charge is 0.0982 e. The summed E-state index contributed by atoms with van der Waals surface area (Å²) in [7, 11) is 0. The fourth-order valence-corrected chi connectivity index (χ4v) is 1.56. The monoisotopic (exact) mass is 224 g/mol. The number of rotatable bonds is 3. The average Bonchev–Trinajstić information content (AvgIpc) is 2.17. The summed E-state index contributed by atoms with van der Waals surface area (Å²) >= 11 is 6.43. The van der Waals surface area contributed by atoms with E-state index < -0.39 is 0 Å². The molecule has 0 amide bonds. The quantitative estimate of drug-likeness (QED) is 0.468. The Labute approximate surface area is 93.4 Å². The second-order valence-electron chi connectivity index (χ2n) is 2.73. The summed E-state index contributed by atoms with van der Waals surface area (Å²) in [4.78, 5) is 1.51. The van der Waals surface area contributed by atoms with Gasteiger partial charge in [-0.1, -0.05) is 24.4 Å². The lowest BCUT2D eigenvalue weighted by Crippen LogP contribution is -2.07. The first-order chi connectivity index (χ1) is 6.63. The lowest BCUT2D eigenvalue weighted by atomic mass is 10.1. The Balaban J connectivity index is 2.92. The molecule has 0 saturated carbocycles. The Morgan fingerprint density at radius 3 is 2.29 bits per heavy atom. The molecule has 0 saturated heterocycles. The Bertz CT molecular complexity index is 355. The minimum absolute atomic E-state index is 0.302. The van der Waals surface area contributed by atoms with Crippen molar-refractivity contribution in [2.45, 2.75) is 4.90 Å². The summed E-state index contributed by atoms with van der Waals surface area (Å²) in [6.45, 7) is 0. The average molecular weight is 224 g/mol. The van der Waals surface area contributed by atoms with Crippen LogP contribution in [0.1, 0.15) is 5.56 Å². The Morgan fingerprint density at radius 1 is 1.29 bits per heavy atom. The molecule has 0 bridgehead atoms. The van der Waals surface area contributed by atoms with Crippen LogP contribution in [-0.2, 0) is 0 Å². The van der Waals surface area contributed by atoms with E-state index in [0.29, 0.717) is 10.7 Å². The third-order valence-corrected chi connectivity index (χ3v) is 2.58. The summed E-state index contributed by atoms with van der Waals surface area (Å²) in [5.74, 6) is 0. The van der Waals surface area contributed by atoms with Gasteiger partial charge in [0, 0.05) is 10.6 Å². The van der Waals surface area contributed by atoms with E-state index in [1.165, 1.54) is 4.90 Å². The normalized spacial score (nSPS) is 11.4. The molecule has 1 aromatic carbocycles. The fourth-order valence-electron chi connectivity index (χ4n) is 1.02. The first-order valence-corrected chi connectivity index (χ1v) is 5.68. The molecule has 2 nitrogen and oxygen atoms in total. The molecule has 0 atom stereocenters. The minimum Gasteiger partial charge on any atom is -0.398 e. The highest BCUT2D eigenvalue weighted by molar-refractivity contribution is 7.98. The van der Waals surface area contributed by atoms with Crippen LogP contribution in [-0.4, -0.2) is 11.2 Å². The largest absolute Gasteiger partial charge is 0.398 e. The standard InChI is InChI=1S/C10H12N2S2/c1-14-8-4-2-7(3-5-8)9(11)6-10(12)13/h2-6H,11H2,1H3,(H2,12,13)/b9-6+. The summed E-state index contributed by atoms with van der Waals surface area (Å²) < 4.78 is 0. The third-order valence-electron chi connectivity index (χ3n) is 1.72. The van der Waals surface area contributed by atoms with Crippen LogP contribution in [0.4, 0.5) is 0 Å². The van der Waals surface area contributed by atoms with E-state index in [2.05, 4.69) is 0 Å². The van der Waals surface area contributed by atoms with Crippen LogP contribution in [0.25, 0.3) is 5.70 Å². The van der Waals surface area contributed by atoms with E-state index in [0.717, 1.165) is 5.56 Å². The predicted octanol–water partition coefficient (Wildman–Crippen LogP) is 1.99. The van der Waals surface area contributed by atoms with Crippen LogP contribution in [0, 0.1) is 0 Å². The molecule has 0 aliphatic carbocycles. The zero-order valence-electron chi connectivity index (χ0n) is 7.86. The van der Waals surface area contributed by atoms with E-state index in [4.69, 9.17) is 23.7 Å². The van der Waals surface area contributed by atoms with Gasteiger partial charge in [0.2, 0.25) is 0 Å². The highest BCUT2D eigenvalue weighted by Crippen LogP contribution is 2.17. The van der Waals surface area contributed by atoms with Crippen molar-refractivity contribution < 1.29 is 0 Å². The summed E-state index contributed by atoms with van der Waals surface area (Å²) in [5.41, 5.74) is 12.7. The van der Waals surface area contributed by atoms with Gasteiger partial charge in [-0.3, -0.25) is 0 Å². The molecule has 74 valence electrons. The number of thioether (sulfide) groups is 1. The molecule has 0 spiro atoms. The van der Waals surface area contributed by atoms with Crippen LogP contribution < -0.4 is 11.5 Å². The van der Waals surface area contributed by atoms with E-state index in [-0.39, 0.29) is 0 Å².